The number of anilines is 1. The van der Waals surface area contributed by atoms with Gasteiger partial charge in [0.2, 0.25) is 0 Å². The molecule has 0 aromatic heterocycles. The van der Waals surface area contributed by atoms with Crippen molar-refractivity contribution in [3.05, 3.63) is 24.3 Å². The highest BCUT2D eigenvalue weighted by Crippen LogP contribution is 2.18. The van der Waals surface area contributed by atoms with Crippen LogP contribution in [0.2, 0.25) is 0 Å². The van der Waals surface area contributed by atoms with E-state index < -0.39 is 0 Å². The molecule has 0 radical (unpaired) electrons. The van der Waals surface area contributed by atoms with Crippen molar-refractivity contribution in [2.75, 3.05) is 25.6 Å². The third kappa shape index (κ3) is 3.82. The Morgan fingerprint density at radius 2 is 1.94 bits per heavy atom. The van der Waals surface area contributed by atoms with E-state index in [1.165, 1.54) is 5.69 Å². The smallest absolute Gasteiger partial charge is 0.119 e. The molecule has 0 spiro atoms. The first kappa shape index (κ1) is 12.4. The van der Waals surface area contributed by atoms with Gasteiger partial charge in [0.1, 0.15) is 5.75 Å². The van der Waals surface area contributed by atoms with Crippen LogP contribution in [-0.2, 0) is 0 Å². The molecule has 0 fully saturated rings. The van der Waals surface area contributed by atoms with E-state index in [9.17, 15) is 0 Å². The van der Waals surface area contributed by atoms with Gasteiger partial charge in [-0.25, -0.2) is 0 Å². The van der Waals surface area contributed by atoms with E-state index in [4.69, 9.17) is 10.00 Å². The van der Waals surface area contributed by atoms with Gasteiger partial charge in [-0.05, 0) is 37.1 Å². The zero-order valence-electron chi connectivity index (χ0n) is 9.94. The van der Waals surface area contributed by atoms with Crippen LogP contribution in [0.15, 0.2) is 24.3 Å². The second-order valence-electron chi connectivity index (χ2n) is 3.73. The van der Waals surface area contributed by atoms with Crippen molar-refractivity contribution in [2.45, 2.75) is 19.3 Å². The number of hydrogen-bond acceptors (Lipinski definition) is 3. The third-order valence-electron chi connectivity index (χ3n) is 2.55. The molecule has 0 bridgehead atoms. The summed E-state index contributed by atoms with van der Waals surface area (Å²) in [6, 6.07) is 10.2. The van der Waals surface area contributed by atoms with Gasteiger partial charge in [0, 0.05) is 25.7 Å². The van der Waals surface area contributed by atoms with Gasteiger partial charge in [0.15, 0.2) is 0 Å². The minimum atomic E-state index is 0.649. The molecule has 1 aromatic carbocycles. The largest absolute Gasteiger partial charge is 0.497 e. The molecule has 0 aliphatic carbocycles. The van der Waals surface area contributed by atoms with Crippen LogP contribution in [-0.4, -0.2) is 20.7 Å². The van der Waals surface area contributed by atoms with E-state index in [1.54, 1.807) is 7.11 Å². The Kier molecular flexibility index (Phi) is 5.21. The number of rotatable bonds is 6. The Bertz CT molecular complexity index is 340. The lowest BCUT2D eigenvalue weighted by Gasteiger charge is -2.19. The molecule has 0 aliphatic rings. The predicted octanol–water partition coefficient (Wildman–Crippen LogP) is 2.83. The average Bonchev–Trinajstić information content (AvgIpc) is 2.34. The van der Waals surface area contributed by atoms with Crippen molar-refractivity contribution in [3.8, 4) is 11.8 Å². The SMILES string of the molecule is COc1ccc(N(C)CCCCC#N)cc1. The molecular formula is C13H18N2O. The predicted molar refractivity (Wildman–Crippen MR) is 65.7 cm³/mol. The highest BCUT2D eigenvalue weighted by Gasteiger charge is 2.00. The number of nitriles is 1. The van der Waals surface area contributed by atoms with Crippen LogP contribution in [0.5, 0.6) is 5.75 Å². The minimum absolute atomic E-state index is 0.649. The number of hydrogen-bond donors (Lipinski definition) is 0. The van der Waals surface area contributed by atoms with Crippen LogP contribution in [0.25, 0.3) is 0 Å². The van der Waals surface area contributed by atoms with Crippen molar-refractivity contribution in [1.82, 2.24) is 0 Å². The summed E-state index contributed by atoms with van der Waals surface area (Å²) < 4.78 is 5.11. The number of ether oxygens (including phenoxy) is 1. The summed E-state index contributed by atoms with van der Waals surface area (Å²) in [5.41, 5.74) is 1.18. The molecule has 3 nitrogen and oxygen atoms in total. The molecule has 0 atom stereocenters. The first-order valence-electron chi connectivity index (χ1n) is 5.50. The van der Waals surface area contributed by atoms with Gasteiger partial charge in [-0.15, -0.1) is 0 Å². The molecule has 0 N–H and O–H groups in total. The van der Waals surface area contributed by atoms with Gasteiger partial charge in [-0.3, -0.25) is 0 Å². The van der Waals surface area contributed by atoms with Gasteiger partial charge < -0.3 is 9.64 Å². The fraction of sp³-hybridized carbons (Fsp3) is 0.462. The lowest BCUT2D eigenvalue weighted by atomic mass is 10.2. The fourth-order valence-corrected chi connectivity index (χ4v) is 1.52. The second kappa shape index (κ2) is 6.73. The monoisotopic (exact) mass is 218 g/mol. The van der Waals surface area contributed by atoms with E-state index in [1.807, 2.05) is 24.3 Å². The topological polar surface area (TPSA) is 36.3 Å². The first-order chi connectivity index (χ1) is 7.77. The average molecular weight is 218 g/mol. The van der Waals surface area contributed by atoms with E-state index in [0.717, 1.165) is 25.1 Å². The van der Waals surface area contributed by atoms with Gasteiger partial charge >= 0.3 is 0 Å². The fourth-order valence-electron chi connectivity index (χ4n) is 1.52. The van der Waals surface area contributed by atoms with E-state index in [2.05, 4.69) is 18.0 Å². The highest BCUT2D eigenvalue weighted by atomic mass is 16.5. The Morgan fingerprint density at radius 1 is 1.25 bits per heavy atom. The molecule has 1 aromatic rings. The summed E-state index contributed by atoms with van der Waals surface area (Å²) in [6.45, 7) is 0.980. The number of nitrogens with zero attached hydrogens (tertiary/aromatic N) is 2. The van der Waals surface area contributed by atoms with Crippen molar-refractivity contribution in [1.29, 1.82) is 5.26 Å². The molecule has 1 rings (SSSR count). The van der Waals surface area contributed by atoms with Crippen LogP contribution >= 0.6 is 0 Å². The maximum Gasteiger partial charge on any atom is 0.119 e. The van der Waals surface area contributed by atoms with Gasteiger partial charge in [0.25, 0.3) is 0 Å². The Morgan fingerprint density at radius 3 is 2.50 bits per heavy atom. The molecule has 0 saturated heterocycles. The summed E-state index contributed by atoms with van der Waals surface area (Å²) >= 11 is 0. The molecular weight excluding hydrogens is 200 g/mol. The van der Waals surface area contributed by atoms with Gasteiger partial charge in [0.05, 0.1) is 13.2 Å². The quantitative estimate of drug-likeness (QED) is 0.689. The zero-order chi connectivity index (χ0) is 11.8. The van der Waals surface area contributed by atoms with E-state index in [-0.39, 0.29) is 0 Å². The molecule has 0 amide bonds. The molecule has 16 heavy (non-hydrogen) atoms. The van der Waals surface area contributed by atoms with Crippen molar-refractivity contribution in [2.24, 2.45) is 0 Å². The summed E-state index contributed by atoms with van der Waals surface area (Å²) in [6.07, 6.45) is 2.67. The van der Waals surface area contributed by atoms with E-state index in [0.29, 0.717) is 6.42 Å². The lowest BCUT2D eigenvalue weighted by molar-refractivity contribution is 0.415. The normalized spacial score (nSPS) is 9.56. The number of unbranched alkanes of at least 4 members (excludes halogenated alkanes) is 2. The highest BCUT2D eigenvalue weighted by molar-refractivity contribution is 5.48. The summed E-state index contributed by atoms with van der Waals surface area (Å²) in [4.78, 5) is 2.19. The lowest BCUT2D eigenvalue weighted by Crippen LogP contribution is -2.18. The third-order valence-corrected chi connectivity index (χ3v) is 2.55. The first-order valence-corrected chi connectivity index (χ1v) is 5.50. The molecule has 0 aliphatic heterocycles. The van der Waals surface area contributed by atoms with Crippen LogP contribution < -0.4 is 9.64 Å². The van der Waals surface area contributed by atoms with Crippen molar-refractivity contribution < 1.29 is 4.74 Å². The van der Waals surface area contributed by atoms with Crippen LogP contribution in [0, 0.1) is 11.3 Å². The van der Waals surface area contributed by atoms with E-state index >= 15 is 0 Å². The number of methoxy groups -OCH3 is 1. The molecule has 0 unspecified atom stereocenters. The Balaban J connectivity index is 2.40. The van der Waals surface area contributed by atoms with Gasteiger partial charge in [-0.2, -0.15) is 5.26 Å². The number of benzene rings is 1. The molecule has 86 valence electrons. The van der Waals surface area contributed by atoms with Crippen LogP contribution in [0.4, 0.5) is 5.69 Å². The summed E-state index contributed by atoms with van der Waals surface area (Å²) in [7, 11) is 3.73. The van der Waals surface area contributed by atoms with Crippen molar-refractivity contribution >= 4 is 5.69 Å². The second-order valence-corrected chi connectivity index (χ2v) is 3.73. The summed E-state index contributed by atoms with van der Waals surface area (Å²) in [5.74, 6) is 0.877. The maximum atomic E-state index is 8.43. The minimum Gasteiger partial charge on any atom is -0.497 e. The molecule has 0 saturated carbocycles. The van der Waals surface area contributed by atoms with Gasteiger partial charge in [-0.1, -0.05) is 0 Å². The Hall–Kier alpha value is -1.69. The standard InChI is InChI=1S/C13H18N2O/c1-15(11-5-3-4-10-14)12-6-8-13(16-2)9-7-12/h6-9H,3-5,11H2,1-2H3. The zero-order valence-corrected chi connectivity index (χ0v) is 9.94. The molecule has 3 heteroatoms. The Labute approximate surface area is 97.3 Å². The van der Waals surface area contributed by atoms with Crippen molar-refractivity contribution in [3.63, 3.8) is 0 Å². The molecule has 0 heterocycles. The summed E-state index contributed by atoms with van der Waals surface area (Å²) in [5, 5.41) is 8.43. The maximum absolute atomic E-state index is 8.43. The van der Waals surface area contributed by atoms with Crippen LogP contribution in [0.3, 0.4) is 0 Å². The van der Waals surface area contributed by atoms with Crippen LogP contribution in [0.1, 0.15) is 19.3 Å².